The van der Waals surface area contributed by atoms with E-state index in [9.17, 15) is 19.2 Å². The van der Waals surface area contributed by atoms with E-state index in [0.29, 0.717) is 22.3 Å². The van der Waals surface area contributed by atoms with Crippen molar-refractivity contribution in [2.45, 2.75) is 19.3 Å². The molecule has 8 heteroatoms. The van der Waals surface area contributed by atoms with Crippen LogP contribution in [0.4, 0.5) is 0 Å². The lowest BCUT2D eigenvalue weighted by atomic mass is 9.81. The quantitative estimate of drug-likeness (QED) is 0.131. The molecule has 3 aliphatic rings. The molecule has 0 aliphatic heterocycles. The van der Waals surface area contributed by atoms with Crippen molar-refractivity contribution in [3.63, 3.8) is 0 Å². The summed E-state index contributed by atoms with van der Waals surface area (Å²) >= 11 is 6.93. The Morgan fingerprint density at radius 2 is 0.980 bits per heavy atom. The van der Waals surface area contributed by atoms with Gasteiger partial charge in [-0.3, -0.25) is 19.2 Å². The summed E-state index contributed by atoms with van der Waals surface area (Å²) in [4.78, 5) is 56.1. The Kier molecular flexibility index (Phi) is 5.81. The first-order valence-corrected chi connectivity index (χ1v) is 19.7. The van der Waals surface area contributed by atoms with Gasteiger partial charge in [0.25, 0.3) is 0 Å². The van der Waals surface area contributed by atoms with E-state index in [2.05, 4.69) is 26.0 Å². The van der Waals surface area contributed by atoms with Gasteiger partial charge in [0.1, 0.15) is 0 Å². The standard InChI is InChI=1S/C43H22O4S4/c1-43(2)23(15-29-34(44)25-11-19-7-3-4-8-20(19)12-26(25)35(29)45)16-31-33(43)39-41(49-31)42-40(51-39)38-32(50-42)18-24(48-38)17-30-36(46)27-13-21-9-5-6-10-22(21)14-28(27)37(30)47/h3-18H,1-2H3. The molecule has 0 N–H and O–H groups in total. The smallest absolute Gasteiger partial charge is 0.197 e. The van der Waals surface area contributed by atoms with Gasteiger partial charge in [-0.15, -0.1) is 45.3 Å². The number of hydrogen-bond acceptors (Lipinski definition) is 8. The molecule has 0 unspecified atom stereocenters. The van der Waals surface area contributed by atoms with Crippen molar-refractivity contribution in [3.05, 3.63) is 139 Å². The van der Waals surface area contributed by atoms with Crippen LogP contribution in [0.25, 0.3) is 61.9 Å². The van der Waals surface area contributed by atoms with E-state index in [0.717, 1.165) is 36.7 Å². The zero-order valence-corrected chi connectivity index (χ0v) is 30.3. The minimum absolute atomic E-state index is 0.210. The molecule has 0 spiro atoms. The molecule has 242 valence electrons. The topological polar surface area (TPSA) is 68.3 Å². The zero-order chi connectivity index (χ0) is 34.5. The third kappa shape index (κ3) is 3.93. The monoisotopic (exact) mass is 730 g/mol. The summed E-state index contributed by atoms with van der Waals surface area (Å²) in [5.74, 6) is -0.848. The third-order valence-corrected chi connectivity index (χ3v) is 15.9. The highest BCUT2D eigenvalue weighted by molar-refractivity contribution is 7.44. The number of thiophene rings is 4. The Morgan fingerprint density at radius 1 is 0.510 bits per heavy atom. The van der Waals surface area contributed by atoms with Gasteiger partial charge in [0.15, 0.2) is 23.1 Å². The zero-order valence-electron chi connectivity index (χ0n) is 27.0. The van der Waals surface area contributed by atoms with Gasteiger partial charge in [0.2, 0.25) is 0 Å². The first-order valence-electron chi connectivity index (χ1n) is 16.5. The number of carbonyl (C=O) groups excluding carboxylic acids is 4. The number of fused-ring (bicyclic) bond motifs is 11. The van der Waals surface area contributed by atoms with Gasteiger partial charge in [0.05, 0.1) is 34.6 Å². The Morgan fingerprint density at radius 3 is 1.51 bits per heavy atom. The molecule has 0 radical (unpaired) electrons. The Labute approximate surface area is 306 Å². The van der Waals surface area contributed by atoms with E-state index in [1.807, 2.05) is 78.9 Å². The summed E-state index contributed by atoms with van der Waals surface area (Å²) in [5.41, 5.74) is 4.17. The Hall–Kier alpha value is -5.12. The van der Waals surface area contributed by atoms with Crippen LogP contribution in [0.2, 0.25) is 0 Å². The minimum atomic E-state index is -0.402. The van der Waals surface area contributed by atoms with E-state index in [4.69, 9.17) is 0 Å². The molecule has 4 nitrogen and oxygen atoms in total. The lowest BCUT2D eigenvalue weighted by Crippen LogP contribution is -2.16. The Balaban J connectivity index is 0.954. The molecular weight excluding hydrogens is 709 g/mol. The summed E-state index contributed by atoms with van der Waals surface area (Å²) in [6.45, 7) is 4.35. The molecule has 0 atom stereocenters. The molecule has 11 rings (SSSR count). The molecule has 4 aromatic carbocycles. The highest BCUT2D eigenvalue weighted by Crippen LogP contribution is 2.57. The second kappa shape index (κ2) is 10.0. The highest BCUT2D eigenvalue weighted by atomic mass is 32.1. The van der Waals surface area contributed by atoms with Gasteiger partial charge < -0.3 is 0 Å². The molecule has 0 amide bonds. The van der Waals surface area contributed by atoms with E-state index >= 15 is 0 Å². The van der Waals surface area contributed by atoms with Crippen LogP contribution in [0.5, 0.6) is 0 Å². The van der Waals surface area contributed by atoms with Crippen LogP contribution in [-0.4, -0.2) is 23.1 Å². The van der Waals surface area contributed by atoms with Gasteiger partial charge in [0, 0.05) is 42.1 Å². The van der Waals surface area contributed by atoms with Crippen molar-refractivity contribution in [1.29, 1.82) is 0 Å². The number of rotatable bonds is 2. The summed E-state index contributed by atoms with van der Waals surface area (Å²) in [7, 11) is 0. The normalized spacial score (nSPS) is 16.4. The van der Waals surface area contributed by atoms with Crippen molar-refractivity contribution in [2.24, 2.45) is 0 Å². The first-order chi connectivity index (χ1) is 24.7. The van der Waals surface area contributed by atoms with E-state index in [1.165, 1.54) is 33.9 Å². The fraction of sp³-hybridized carbons (Fsp3) is 0.0698. The molecular formula is C43H22O4S4. The maximum Gasteiger partial charge on any atom is 0.197 e. The van der Waals surface area contributed by atoms with Crippen LogP contribution in [0.3, 0.4) is 0 Å². The Bertz CT molecular complexity index is 3020. The number of carbonyl (C=O) groups is 4. The molecule has 4 aromatic heterocycles. The van der Waals surface area contributed by atoms with Crippen molar-refractivity contribution < 1.29 is 19.2 Å². The van der Waals surface area contributed by atoms with Gasteiger partial charge in [-0.1, -0.05) is 62.4 Å². The lowest BCUT2D eigenvalue weighted by Gasteiger charge is -2.22. The van der Waals surface area contributed by atoms with Gasteiger partial charge in [-0.05, 0) is 81.2 Å². The largest absolute Gasteiger partial charge is 0.288 e. The third-order valence-electron chi connectivity index (χ3n) is 10.6. The molecule has 0 saturated carbocycles. The molecule has 3 aliphatic carbocycles. The van der Waals surface area contributed by atoms with E-state index in [-0.39, 0.29) is 34.3 Å². The van der Waals surface area contributed by atoms with E-state index in [1.54, 1.807) is 51.4 Å². The molecule has 8 aromatic rings. The van der Waals surface area contributed by atoms with Gasteiger partial charge >= 0.3 is 0 Å². The van der Waals surface area contributed by atoms with Crippen LogP contribution in [0.1, 0.15) is 70.6 Å². The number of allylic oxidation sites excluding steroid dienone is 4. The van der Waals surface area contributed by atoms with Crippen LogP contribution in [0.15, 0.2) is 102 Å². The summed E-state index contributed by atoms with van der Waals surface area (Å²) in [6, 6.07) is 25.1. The molecule has 0 bridgehead atoms. The van der Waals surface area contributed by atoms with Crippen molar-refractivity contribution in [3.8, 4) is 0 Å². The van der Waals surface area contributed by atoms with Crippen LogP contribution in [-0.2, 0) is 5.41 Å². The maximum absolute atomic E-state index is 13.6. The predicted octanol–water partition coefficient (Wildman–Crippen LogP) is 11.8. The molecule has 0 fully saturated rings. The maximum atomic E-state index is 13.6. The average Bonchev–Trinajstić information content (AvgIpc) is 3.96. The average molecular weight is 731 g/mol. The summed E-state index contributed by atoms with van der Waals surface area (Å²) in [6.07, 6.45) is 5.75. The van der Waals surface area contributed by atoms with Crippen molar-refractivity contribution in [1.82, 2.24) is 0 Å². The number of benzene rings is 4. The first kappa shape index (κ1) is 29.6. The molecule has 4 heterocycles. The van der Waals surface area contributed by atoms with Gasteiger partial charge in [-0.25, -0.2) is 0 Å². The van der Waals surface area contributed by atoms with Crippen LogP contribution in [0, 0.1) is 0 Å². The van der Waals surface area contributed by atoms with Crippen molar-refractivity contribution in [2.75, 3.05) is 0 Å². The van der Waals surface area contributed by atoms with Crippen LogP contribution < -0.4 is 0 Å². The SMILES string of the molecule is CC1(C)C(C=C2C(=O)c3cc4ccccc4cc3C2=O)=Cc2sc3c(sc4c5sc(C=C6C(=O)c7cc8ccccc8cc7C6=O)cc5sc34)c21. The predicted molar refractivity (Wildman–Crippen MR) is 213 cm³/mol. The molecule has 0 saturated heterocycles. The fourth-order valence-electron chi connectivity index (χ4n) is 7.94. The molecule has 51 heavy (non-hydrogen) atoms. The summed E-state index contributed by atoms with van der Waals surface area (Å²) < 4.78 is 7.30. The fourth-order valence-corrected chi connectivity index (χ4v) is 14.0. The number of Topliss-reactive ketones (excluding diaryl/α,β-unsaturated/α-hetero) is 4. The minimum Gasteiger partial charge on any atom is -0.288 e. The number of hydrogen-bond donors (Lipinski definition) is 0. The van der Waals surface area contributed by atoms with Gasteiger partial charge in [-0.2, -0.15) is 0 Å². The number of ketones is 4. The second-order valence-electron chi connectivity index (χ2n) is 13.9. The van der Waals surface area contributed by atoms with Crippen molar-refractivity contribution >= 4 is 130 Å². The lowest BCUT2D eigenvalue weighted by molar-refractivity contribution is 0.0974. The summed E-state index contributed by atoms with van der Waals surface area (Å²) in [5, 5.41) is 3.79. The highest BCUT2D eigenvalue weighted by Gasteiger charge is 2.40. The second-order valence-corrected chi connectivity index (χ2v) is 18.1. The van der Waals surface area contributed by atoms with E-state index < -0.39 is 5.41 Å². The van der Waals surface area contributed by atoms with Crippen LogP contribution >= 0.6 is 45.3 Å².